The molecule has 0 bridgehead atoms. The number of hydrogen-bond donors (Lipinski definition) is 1. The summed E-state index contributed by atoms with van der Waals surface area (Å²) < 4.78 is 5.38. The highest BCUT2D eigenvalue weighted by molar-refractivity contribution is 7.99. The highest BCUT2D eigenvalue weighted by Gasteiger charge is 2.16. The van der Waals surface area contributed by atoms with Gasteiger partial charge >= 0.3 is 0 Å². The smallest absolute Gasteiger partial charge is 0.0476 e. The molecule has 0 aliphatic carbocycles. The SMILES string of the molecule is CCCc1ccc(C(N)CSC2CCOCC2)cc1. The van der Waals surface area contributed by atoms with E-state index in [2.05, 4.69) is 31.2 Å². The normalized spacial score (nSPS) is 18.4. The van der Waals surface area contributed by atoms with E-state index in [0.717, 1.165) is 30.6 Å². The molecule has 0 spiro atoms. The number of rotatable bonds is 6. The fourth-order valence-electron chi connectivity index (χ4n) is 2.40. The summed E-state index contributed by atoms with van der Waals surface area (Å²) in [6, 6.07) is 8.99. The Morgan fingerprint density at radius 2 is 1.95 bits per heavy atom. The number of hydrogen-bond acceptors (Lipinski definition) is 3. The van der Waals surface area contributed by atoms with E-state index in [1.54, 1.807) is 0 Å². The van der Waals surface area contributed by atoms with E-state index in [0.29, 0.717) is 0 Å². The van der Waals surface area contributed by atoms with Gasteiger partial charge in [-0.2, -0.15) is 11.8 Å². The molecular weight excluding hydrogens is 254 g/mol. The van der Waals surface area contributed by atoms with Crippen LogP contribution in [0.3, 0.4) is 0 Å². The summed E-state index contributed by atoms with van der Waals surface area (Å²) in [5.74, 6) is 1.01. The van der Waals surface area contributed by atoms with E-state index < -0.39 is 0 Å². The second-order valence-electron chi connectivity index (χ2n) is 5.24. The molecular formula is C16H25NOS. The minimum Gasteiger partial charge on any atom is -0.381 e. The van der Waals surface area contributed by atoms with Gasteiger partial charge in [-0.15, -0.1) is 0 Å². The minimum atomic E-state index is 0.156. The summed E-state index contributed by atoms with van der Waals surface area (Å²) >= 11 is 2.01. The Kier molecular flexibility index (Phi) is 6.21. The van der Waals surface area contributed by atoms with Crippen LogP contribution < -0.4 is 5.73 Å². The van der Waals surface area contributed by atoms with E-state index in [1.807, 2.05) is 11.8 Å². The van der Waals surface area contributed by atoms with Crippen molar-refractivity contribution in [1.82, 2.24) is 0 Å². The quantitative estimate of drug-likeness (QED) is 0.865. The van der Waals surface area contributed by atoms with Gasteiger partial charge in [0.25, 0.3) is 0 Å². The molecule has 106 valence electrons. The van der Waals surface area contributed by atoms with Crippen molar-refractivity contribution in [2.45, 2.75) is 43.9 Å². The largest absolute Gasteiger partial charge is 0.381 e. The molecule has 1 aliphatic heterocycles. The van der Waals surface area contributed by atoms with Crippen molar-refractivity contribution in [3.05, 3.63) is 35.4 Å². The van der Waals surface area contributed by atoms with Crippen LogP contribution in [0, 0.1) is 0 Å². The molecule has 2 rings (SSSR count). The van der Waals surface area contributed by atoms with Gasteiger partial charge in [-0.3, -0.25) is 0 Å². The minimum absolute atomic E-state index is 0.156. The number of thioether (sulfide) groups is 1. The molecule has 0 amide bonds. The zero-order chi connectivity index (χ0) is 13.5. The van der Waals surface area contributed by atoms with E-state index in [9.17, 15) is 0 Å². The second-order valence-corrected chi connectivity index (χ2v) is 6.58. The van der Waals surface area contributed by atoms with E-state index >= 15 is 0 Å². The molecule has 2 nitrogen and oxygen atoms in total. The fourth-order valence-corrected chi connectivity index (χ4v) is 3.60. The molecule has 1 unspecified atom stereocenters. The topological polar surface area (TPSA) is 35.2 Å². The van der Waals surface area contributed by atoms with E-state index in [1.165, 1.54) is 30.4 Å². The number of ether oxygens (including phenoxy) is 1. The van der Waals surface area contributed by atoms with Gasteiger partial charge in [0, 0.05) is 30.3 Å². The Labute approximate surface area is 121 Å². The zero-order valence-electron chi connectivity index (χ0n) is 11.8. The lowest BCUT2D eigenvalue weighted by molar-refractivity contribution is 0.1000. The van der Waals surface area contributed by atoms with Gasteiger partial charge in [-0.05, 0) is 30.4 Å². The summed E-state index contributed by atoms with van der Waals surface area (Å²) in [6.45, 7) is 4.04. The third-order valence-electron chi connectivity index (χ3n) is 3.63. The van der Waals surface area contributed by atoms with Crippen molar-refractivity contribution in [1.29, 1.82) is 0 Å². The van der Waals surface area contributed by atoms with Crippen molar-refractivity contribution >= 4 is 11.8 Å². The van der Waals surface area contributed by atoms with Gasteiger partial charge in [0.2, 0.25) is 0 Å². The number of aryl methyl sites for hydroxylation is 1. The predicted molar refractivity (Wildman–Crippen MR) is 83.7 cm³/mol. The molecule has 1 atom stereocenters. The molecule has 0 radical (unpaired) electrons. The second kappa shape index (κ2) is 7.93. The molecule has 1 aromatic carbocycles. The molecule has 0 saturated carbocycles. The maximum Gasteiger partial charge on any atom is 0.0476 e. The molecule has 3 heteroatoms. The first kappa shape index (κ1) is 14.9. The van der Waals surface area contributed by atoms with Gasteiger partial charge in [0.05, 0.1) is 0 Å². The van der Waals surface area contributed by atoms with Crippen molar-refractivity contribution in [2.75, 3.05) is 19.0 Å². The van der Waals surface area contributed by atoms with E-state index in [4.69, 9.17) is 10.5 Å². The maximum absolute atomic E-state index is 6.28. The first-order valence-electron chi connectivity index (χ1n) is 7.33. The molecule has 2 N–H and O–H groups in total. The monoisotopic (exact) mass is 279 g/mol. The van der Waals surface area contributed by atoms with E-state index in [-0.39, 0.29) is 6.04 Å². The lowest BCUT2D eigenvalue weighted by Gasteiger charge is -2.23. The number of benzene rings is 1. The van der Waals surface area contributed by atoms with Gasteiger partial charge in [-0.25, -0.2) is 0 Å². The van der Waals surface area contributed by atoms with Crippen LogP contribution in [0.4, 0.5) is 0 Å². The van der Waals surface area contributed by atoms with Crippen LogP contribution in [0.5, 0.6) is 0 Å². The lowest BCUT2D eigenvalue weighted by atomic mass is 10.0. The first-order valence-corrected chi connectivity index (χ1v) is 8.38. The van der Waals surface area contributed by atoms with Crippen molar-refractivity contribution in [3.8, 4) is 0 Å². The molecule has 1 fully saturated rings. The Morgan fingerprint density at radius 3 is 2.58 bits per heavy atom. The van der Waals surface area contributed by atoms with Gasteiger partial charge in [-0.1, -0.05) is 37.6 Å². The molecule has 1 aliphatic rings. The Morgan fingerprint density at radius 1 is 1.26 bits per heavy atom. The standard InChI is InChI=1S/C16H25NOS/c1-2-3-13-4-6-14(7-5-13)16(17)12-19-15-8-10-18-11-9-15/h4-7,15-16H,2-3,8-12,17H2,1H3. The van der Waals surface area contributed by atoms with Gasteiger partial charge in [0.15, 0.2) is 0 Å². The molecule has 1 saturated heterocycles. The first-order chi connectivity index (χ1) is 9.29. The molecule has 0 aromatic heterocycles. The van der Waals surface area contributed by atoms with Crippen LogP contribution in [0.25, 0.3) is 0 Å². The Hall–Kier alpha value is -0.510. The number of nitrogens with two attached hydrogens (primary N) is 1. The fraction of sp³-hybridized carbons (Fsp3) is 0.625. The van der Waals surface area contributed by atoms with Crippen LogP contribution in [-0.4, -0.2) is 24.2 Å². The Balaban J connectivity index is 1.79. The highest BCUT2D eigenvalue weighted by atomic mass is 32.2. The highest BCUT2D eigenvalue weighted by Crippen LogP contribution is 2.26. The lowest BCUT2D eigenvalue weighted by Crippen LogP contribution is -2.21. The third kappa shape index (κ3) is 4.83. The zero-order valence-corrected chi connectivity index (χ0v) is 12.6. The van der Waals surface area contributed by atoms with Gasteiger partial charge < -0.3 is 10.5 Å². The summed E-state index contributed by atoms with van der Waals surface area (Å²) in [4.78, 5) is 0. The van der Waals surface area contributed by atoms with Crippen LogP contribution in [-0.2, 0) is 11.2 Å². The maximum atomic E-state index is 6.28. The average Bonchev–Trinajstić information content (AvgIpc) is 2.47. The summed E-state index contributed by atoms with van der Waals surface area (Å²) in [5.41, 5.74) is 8.96. The van der Waals surface area contributed by atoms with Crippen LogP contribution in [0.1, 0.15) is 43.4 Å². The molecule has 1 heterocycles. The Bertz CT molecular complexity index is 360. The predicted octanol–water partition coefficient (Wildman–Crippen LogP) is 3.55. The van der Waals surface area contributed by atoms with Crippen LogP contribution in [0.2, 0.25) is 0 Å². The third-order valence-corrected chi connectivity index (χ3v) is 5.12. The van der Waals surface area contributed by atoms with Gasteiger partial charge in [0.1, 0.15) is 0 Å². The van der Waals surface area contributed by atoms with Crippen molar-refractivity contribution < 1.29 is 4.74 Å². The van der Waals surface area contributed by atoms with Crippen molar-refractivity contribution in [3.63, 3.8) is 0 Å². The van der Waals surface area contributed by atoms with Crippen LogP contribution >= 0.6 is 11.8 Å². The molecule has 19 heavy (non-hydrogen) atoms. The summed E-state index contributed by atoms with van der Waals surface area (Å²) in [7, 11) is 0. The molecule has 1 aromatic rings. The van der Waals surface area contributed by atoms with Crippen LogP contribution in [0.15, 0.2) is 24.3 Å². The average molecular weight is 279 g/mol. The summed E-state index contributed by atoms with van der Waals surface area (Å²) in [5, 5.41) is 0.735. The summed E-state index contributed by atoms with van der Waals surface area (Å²) in [6.07, 6.45) is 4.71. The van der Waals surface area contributed by atoms with Crippen molar-refractivity contribution in [2.24, 2.45) is 5.73 Å².